The summed E-state index contributed by atoms with van der Waals surface area (Å²) in [5, 5.41) is 5.21. The fraction of sp³-hybridized carbons (Fsp3) is 0.500. The molecule has 0 saturated carbocycles. The number of piperidine rings is 1. The van der Waals surface area contributed by atoms with Crippen LogP contribution in [0.15, 0.2) is 29.2 Å². The van der Waals surface area contributed by atoms with E-state index in [-0.39, 0.29) is 16.7 Å². The van der Waals surface area contributed by atoms with Crippen molar-refractivity contribution in [3.63, 3.8) is 0 Å². The van der Waals surface area contributed by atoms with Crippen molar-refractivity contribution in [3.8, 4) is 0 Å². The summed E-state index contributed by atoms with van der Waals surface area (Å²) in [6.07, 6.45) is 2.43. The van der Waals surface area contributed by atoms with Crippen LogP contribution in [0.3, 0.4) is 0 Å². The van der Waals surface area contributed by atoms with Crippen molar-refractivity contribution in [3.05, 3.63) is 24.3 Å². The Labute approximate surface area is 142 Å². The van der Waals surface area contributed by atoms with Gasteiger partial charge in [0, 0.05) is 25.7 Å². The first-order chi connectivity index (χ1) is 11.4. The minimum Gasteiger partial charge on any atom is -0.358 e. The van der Waals surface area contributed by atoms with Crippen LogP contribution in [0.1, 0.15) is 32.6 Å². The van der Waals surface area contributed by atoms with Crippen molar-refractivity contribution in [1.29, 1.82) is 0 Å². The third-order valence-corrected chi connectivity index (χ3v) is 5.99. The van der Waals surface area contributed by atoms with E-state index >= 15 is 0 Å². The molecule has 0 bridgehead atoms. The van der Waals surface area contributed by atoms with E-state index < -0.39 is 16.1 Å². The number of carbonyl (C=O) groups excluding carboxylic acids is 2. The number of hydrogen-bond donors (Lipinski definition) is 2. The summed E-state index contributed by atoms with van der Waals surface area (Å²) in [4.78, 5) is 23.5. The topological polar surface area (TPSA) is 95.6 Å². The second kappa shape index (κ2) is 7.76. The number of likely N-dealkylation sites (N-methyl/N-ethyl adjacent to an activating group) is 1. The summed E-state index contributed by atoms with van der Waals surface area (Å²) in [5.74, 6) is -0.425. The van der Waals surface area contributed by atoms with E-state index in [1.165, 1.54) is 23.5 Å². The fourth-order valence-electron chi connectivity index (χ4n) is 2.72. The molecule has 1 fully saturated rings. The third-order valence-electron chi connectivity index (χ3n) is 4.07. The zero-order valence-electron chi connectivity index (χ0n) is 13.9. The monoisotopic (exact) mass is 353 g/mol. The molecule has 0 radical (unpaired) electrons. The van der Waals surface area contributed by atoms with Crippen molar-refractivity contribution in [2.45, 2.75) is 43.5 Å². The highest BCUT2D eigenvalue weighted by molar-refractivity contribution is 7.89. The Balaban J connectivity index is 2.25. The highest BCUT2D eigenvalue weighted by Crippen LogP contribution is 2.26. The van der Waals surface area contributed by atoms with Gasteiger partial charge in [0.2, 0.25) is 21.8 Å². The molecular formula is C16H23N3O4S. The van der Waals surface area contributed by atoms with Gasteiger partial charge in [0.05, 0.1) is 4.90 Å². The number of nitrogens with zero attached hydrogens (tertiary/aromatic N) is 1. The second-order valence-corrected chi connectivity index (χ2v) is 7.56. The predicted octanol–water partition coefficient (Wildman–Crippen LogP) is 1.32. The highest BCUT2D eigenvalue weighted by atomic mass is 32.2. The molecule has 24 heavy (non-hydrogen) atoms. The van der Waals surface area contributed by atoms with E-state index in [1.807, 2.05) is 0 Å². The van der Waals surface area contributed by atoms with Crippen LogP contribution in [-0.4, -0.2) is 44.2 Å². The molecule has 0 aliphatic carbocycles. The minimum absolute atomic E-state index is 0.118. The Kier molecular flexibility index (Phi) is 5.95. The van der Waals surface area contributed by atoms with Crippen LogP contribution in [0.2, 0.25) is 0 Å². The standard InChI is InChI=1S/C16H23N3O4S/c1-3-15(20)18-12-7-9-13(10-8-12)24(22,23)19-11-5-4-6-14(19)16(21)17-2/h7-10,14H,3-6,11H2,1-2H3,(H,17,21)(H,18,20). The number of anilines is 1. The van der Waals surface area contributed by atoms with Crippen molar-refractivity contribution < 1.29 is 18.0 Å². The number of amides is 2. The van der Waals surface area contributed by atoms with E-state index in [1.54, 1.807) is 19.1 Å². The van der Waals surface area contributed by atoms with Gasteiger partial charge in [0.25, 0.3) is 0 Å². The number of nitrogens with one attached hydrogen (secondary N) is 2. The van der Waals surface area contributed by atoms with Gasteiger partial charge >= 0.3 is 0 Å². The summed E-state index contributed by atoms with van der Waals surface area (Å²) in [6.45, 7) is 2.07. The lowest BCUT2D eigenvalue weighted by Crippen LogP contribution is -2.51. The van der Waals surface area contributed by atoms with Gasteiger partial charge in [-0.25, -0.2) is 8.42 Å². The van der Waals surface area contributed by atoms with Gasteiger partial charge in [0.1, 0.15) is 6.04 Å². The maximum absolute atomic E-state index is 12.9. The number of rotatable bonds is 5. The molecule has 1 atom stereocenters. The van der Waals surface area contributed by atoms with Crippen molar-refractivity contribution in [1.82, 2.24) is 9.62 Å². The molecule has 1 aromatic rings. The van der Waals surface area contributed by atoms with E-state index in [0.29, 0.717) is 25.1 Å². The summed E-state index contributed by atoms with van der Waals surface area (Å²) >= 11 is 0. The van der Waals surface area contributed by atoms with Crippen molar-refractivity contribution >= 4 is 27.5 Å². The van der Waals surface area contributed by atoms with E-state index in [2.05, 4.69) is 10.6 Å². The number of carbonyl (C=O) groups is 2. The van der Waals surface area contributed by atoms with E-state index in [4.69, 9.17) is 0 Å². The molecule has 7 nitrogen and oxygen atoms in total. The average molecular weight is 353 g/mol. The average Bonchev–Trinajstić information content (AvgIpc) is 2.61. The van der Waals surface area contributed by atoms with Crippen molar-refractivity contribution in [2.24, 2.45) is 0 Å². The normalized spacial score (nSPS) is 18.8. The summed E-state index contributed by atoms with van der Waals surface area (Å²) in [6, 6.07) is 5.35. The number of benzene rings is 1. The molecular weight excluding hydrogens is 330 g/mol. The van der Waals surface area contributed by atoms with Gasteiger partial charge in [-0.15, -0.1) is 0 Å². The van der Waals surface area contributed by atoms with Crippen LogP contribution >= 0.6 is 0 Å². The molecule has 0 spiro atoms. The Hall–Kier alpha value is -1.93. The molecule has 1 saturated heterocycles. The molecule has 0 aromatic heterocycles. The third kappa shape index (κ3) is 3.93. The Morgan fingerprint density at radius 1 is 1.21 bits per heavy atom. The molecule has 2 rings (SSSR count). The van der Waals surface area contributed by atoms with E-state index in [0.717, 1.165) is 12.8 Å². The van der Waals surface area contributed by atoms with Gasteiger partial charge in [-0.05, 0) is 37.1 Å². The SMILES string of the molecule is CCC(=O)Nc1ccc(S(=O)(=O)N2CCCCC2C(=O)NC)cc1. The lowest BCUT2D eigenvalue weighted by atomic mass is 10.0. The lowest BCUT2D eigenvalue weighted by molar-refractivity contribution is -0.125. The Morgan fingerprint density at radius 3 is 2.46 bits per heavy atom. The summed E-state index contributed by atoms with van der Waals surface area (Å²) < 4.78 is 27.0. The maximum atomic E-state index is 12.9. The molecule has 1 aliphatic rings. The summed E-state index contributed by atoms with van der Waals surface area (Å²) in [5.41, 5.74) is 0.544. The number of sulfonamides is 1. The van der Waals surface area contributed by atoms with Gasteiger partial charge in [-0.3, -0.25) is 9.59 Å². The Morgan fingerprint density at radius 2 is 1.88 bits per heavy atom. The van der Waals surface area contributed by atoms with Crippen LogP contribution in [0.25, 0.3) is 0 Å². The van der Waals surface area contributed by atoms with Crippen molar-refractivity contribution in [2.75, 3.05) is 18.9 Å². The summed E-state index contributed by atoms with van der Waals surface area (Å²) in [7, 11) is -2.25. The van der Waals surface area contributed by atoms with Crippen LogP contribution in [-0.2, 0) is 19.6 Å². The molecule has 1 aliphatic heterocycles. The molecule has 1 aromatic carbocycles. The largest absolute Gasteiger partial charge is 0.358 e. The first kappa shape index (κ1) is 18.4. The van der Waals surface area contributed by atoms with Gasteiger partial charge in [-0.2, -0.15) is 4.31 Å². The van der Waals surface area contributed by atoms with E-state index in [9.17, 15) is 18.0 Å². The van der Waals surface area contributed by atoms with Gasteiger partial charge in [-0.1, -0.05) is 13.3 Å². The number of hydrogen-bond acceptors (Lipinski definition) is 4. The second-order valence-electron chi connectivity index (χ2n) is 5.67. The molecule has 8 heteroatoms. The quantitative estimate of drug-likeness (QED) is 0.835. The molecule has 132 valence electrons. The zero-order chi connectivity index (χ0) is 17.7. The fourth-order valence-corrected chi connectivity index (χ4v) is 4.37. The highest BCUT2D eigenvalue weighted by Gasteiger charge is 2.37. The van der Waals surface area contributed by atoms with Gasteiger partial charge < -0.3 is 10.6 Å². The molecule has 1 heterocycles. The molecule has 1 unspecified atom stereocenters. The van der Waals surface area contributed by atoms with Crippen LogP contribution in [0, 0.1) is 0 Å². The molecule has 2 N–H and O–H groups in total. The van der Waals surface area contributed by atoms with Crippen LogP contribution in [0.5, 0.6) is 0 Å². The van der Waals surface area contributed by atoms with Gasteiger partial charge in [0.15, 0.2) is 0 Å². The Bertz CT molecular complexity index is 701. The molecule has 2 amide bonds. The minimum atomic E-state index is -3.76. The zero-order valence-corrected chi connectivity index (χ0v) is 14.7. The first-order valence-corrected chi connectivity index (χ1v) is 9.47. The lowest BCUT2D eigenvalue weighted by Gasteiger charge is -2.33. The van der Waals surface area contributed by atoms with Crippen LogP contribution in [0.4, 0.5) is 5.69 Å². The maximum Gasteiger partial charge on any atom is 0.243 e. The van der Waals surface area contributed by atoms with Crippen LogP contribution < -0.4 is 10.6 Å². The first-order valence-electron chi connectivity index (χ1n) is 8.03. The smallest absolute Gasteiger partial charge is 0.243 e. The predicted molar refractivity (Wildman–Crippen MR) is 91.0 cm³/mol.